The second-order valence-corrected chi connectivity index (χ2v) is 6.56. The normalized spacial score (nSPS) is 20.7. The van der Waals surface area contributed by atoms with Gasteiger partial charge >= 0.3 is 5.97 Å². The number of amides is 1. The average molecular weight is 366 g/mol. The molecule has 0 spiro atoms. The van der Waals surface area contributed by atoms with E-state index in [0.717, 1.165) is 4.47 Å². The number of hydrogen-bond donors (Lipinski definition) is 1. The molecule has 118 valence electrons. The molecule has 22 heavy (non-hydrogen) atoms. The van der Waals surface area contributed by atoms with Crippen molar-refractivity contribution < 1.29 is 14.3 Å². The van der Waals surface area contributed by atoms with Crippen molar-refractivity contribution >= 4 is 33.5 Å². The van der Waals surface area contributed by atoms with Crippen LogP contribution >= 0.6 is 15.9 Å². The summed E-state index contributed by atoms with van der Waals surface area (Å²) in [5.41, 5.74) is 0.713. The fourth-order valence-electron chi connectivity index (χ4n) is 2.49. The van der Waals surface area contributed by atoms with Crippen molar-refractivity contribution in [3.8, 4) is 0 Å². The molecule has 2 atom stereocenters. The van der Waals surface area contributed by atoms with Gasteiger partial charge < -0.3 is 10.1 Å². The summed E-state index contributed by atoms with van der Waals surface area (Å²) in [4.78, 5) is 24.7. The number of allylic oxidation sites excluding steroid dienone is 2. The van der Waals surface area contributed by atoms with Gasteiger partial charge in [-0.3, -0.25) is 9.59 Å². The molecule has 1 amide bonds. The Kier molecular flexibility index (Phi) is 5.77. The van der Waals surface area contributed by atoms with Crippen LogP contribution in [0.1, 0.15) is 26.7 Å². The van der Waals surface area contributed by atoms with Crippen LogP contribution in [0.15, 0.2) is 40.9 Å². The third-order valence-corrected chi connectivity index (χ3v) is 4.01. The number of carbonyl (C=O) groups excluding carboxylic acids is 2. The maximum Gasteiger partial charge on any atom is 0.310 e. The molecule has 1 aromatic carbocycles. The Balaban J connectivity index is 2.08. The molecule has 0 bridgehead atoms. The van der Waals surface area contributed by atoms with E-state index in [1.807, 2.05) is 50.3 Å². The van der Waals surface area contributed by atoms with Crippen molar-refractivity contribution in [2.24, 2.45) is 11.8 Å². The largest absolute Gasteiger partial charge is 0.463 e. The van der Waals surface area contributed by atoms with E-state index in [-0.39, 0.29) is 18.0 Å². The van der Waals surface area contributed by atoms with Gasteiger partial charge in [-0.25, -0.2) is 0 Å². The fourth-order valence-corrected chi connectivity index (χ4v) is 2.88. The van der Waals surface area contributed by atoms with Crippen LogP contribution in [-0.4, -0.2) is 18.0 Å². The van der Waals surface area contributed by atoms with Crippen LogP contribution in [0.3, 0.4) is 0 Å². The lowest BCUT2D eigenvalue weighted by Gasteiger charge is -2.26. The van der Waals surface area contributed by atoms with Crippen molar-refractivity contribution in [3.63, 3.8) is 0 Å². The molecular weight excluding hydrogens is 346 g/mol. The Bertz CT molecular complexity index is 583. The minimum absolute atomic E-state index is 0.145. The zero-order valence-corrected chi connectivity index (χ0v) is 14.3. The molecule has 1 aromatic rings. The number of rotatable bonds is 4. The van der Waals surface area contributed by atoms with Gasteiger partial charge in [0.15, 0.2) is 0 Å². The van der Waals surface area contributed by atoms with Crippen LogP contribution in [0.5, 0.6) is 0 Å². The smallest absolute Gasteiger partial charge is 0.310 e. The lowest BCUT2D eigenvalue weighted by Crippen LogP contribution is -2.36. The molecule has 2 unspecified atom stereocenters. The first-order valence-electron chi connectivity index (χ1n) is 7.39. The lowest BCUT2D eigenvalue weighted by atomic mass is 9.82. The summed E-state index contributed by atoms with van der Waals surface area (Å²) in [5, 5.41) is 2.88. The second kappa shape index (κ2) is 7.58. The van der Waals surface area contributed by atoms with E-state index in [1.165, 1.54) is 0 Å². The monoisotopic (exact) mass is 365 g/mol. The summed E-state index contributed by atoms with van der Waals surface area (Å²) in [7, 11) is 0. The Labute approximate surface area is 139 Å². The van der Waals surface area contributed by atoms with Crippen LogP contribution < -0.4 is 5.32 Å². The van der Waals surface area contributed by atoms with Gasteiger partial charge in [0.25, 0.3) is 0 Å². The predicted octanol–water partition coefficient (Wildman–Crippen LogP) is 3.92. The van der Waals surface area contributed by atoms with Crippen LogP contribution in [0, 0.1) is 11.8 Å². The summed E-state index contributed by atoms with van der Waals surface area (Å²) < 4.78 is 6.17. The third kappa shape index (κ3) is 4.44. The van der Waals surface area contributed by atoms with Gasteiger partial charge in [-0.05, 0) is 44.9 Å². The first-order chi connectivity index (χ1) is 10.5. The summed E-state index contributed by atoms with van der Waals surface area (Å²) in [6.45, 7) is 3.63. The molecule has 5 heteroatoms. The van der Waals surface area contributed by atoms with Gasteiger partial charge in [-0.2, -0.15) is 0 Å². The Morgan fingerprint density at radius 1 is 1.23 bits per heavy atom. The highest BCUT2D eigenvalue weighted by Crippen LogP contribution is 2.29. The molecule has 0 radical (unpaired) electrons. The number of esters is 1. The molecule has 1 N–H and O–H groups in total. The SMILES string of the molecule is CC(C)OC(=O)C1CC=CCC1C(=O)Nc1cccc(Br)c1. The van der Waals surface area contributed by atoms with E-state index in [9.17, 15) is 9.59 Å². The summed E-state index contributed by atoms with van der Waals surface area (Å²) in [6.07, 6.45) is 4.81. The summed E-state index contributed by atoms with van der Waals surface area (Å²) in [6, 6.07) is 7.40. The van der Waals surface area contributed by atoms with Crippen LogP contribution in [-0.2, 0) is 14.3 Å². The molecule has 0 heterocycles. The van der Waals surface area contributed by atoms with Crippen molar-refractivity contribution in [2.75, 3.05) is 5.32 Å². The van der Waals surface area contributed by atoms with Crippen LogP contribution in [0.4, 0.5) is 5.69 Å². The molecule has 0 aliphatic heterocycles. The average Bonchev–Trinajstić information content (AvgIpc) is 2.46. The first-order valence-corrected chi connectivity index (χ1v) is 8.18. The standard InChI is InChI=1S/C17H20BrNO3/c1-11(2)22-17(21)15-9-4-3-8-14(15)16(20)19-13-7-5-6-12(18)10-13/h3-7,10-11,14-15H,8-9H2,1-2H3,(H,19,20). The van der Waals surface area contributed by atoms with Crippen molar-refractivity contribution in [1.29, 1.82) is 0 Å². The van der Waals surface area contributed by atoms with E-state index < -0.39 is 11.8 Å². The topological polar surface area (TPSA) is 55.4 Å². The Hall–Kier alpha value is -1.62. The Morgan fingerprint density at radius 2 is 1.91 bits per heavy atom. The van der Waals surface area contributed by atoms with Gasteiger partial charge in [0.2, 0.25) is 5.91 Å². The van der Waals surface area contributed by atoms with Gasteiger partial charge in [0.1, 0.15) is 0 Å². The van der Waals surface area contributed by atoms with Crippen LogP contribution in [0.25, 0.3) is 0 Å². The number of nitrogens with one attached hydrogen (secondary N) is 1. The fraction of sp³-hybridized carbons (Fsp3) is 0.412. The molecule has 2 rings (SSSR count). The van der Waals surface area contributed by atoms with E-state index in [1.54, 1.807) is 0 Å². The van der Waals surface area contributed by atoms with E-state index in [0.29, 0.717) is 18.5 Å². The number of anilines is 1. The summed E-state index contributed by atoms with van der Waals surface area (Å²) in [5.74, 6) is -1.25. The molecule has 1 aliphatic carbocycles. The minimum atomic E-state index is -0.417. The Morgan fingerprint density at radius 3 is 2.55 bits per heavy atom. The molecular formula is C17H20BrNO3. The third-order valence-electron chi connectivity index (χ3n) is 3.52. The maximum atomic E-state index is 12.5. The molecule has 4 nitrogen and oxygen atoms in total. The molecule has 1 aliphatic rings. The highest BCUT2D eigenvalue weighted by Gasteiger charge is 2.35. The number of hydrogen-bond acceptors (Lipinski definition) is 3. The van der Waals surface area contributed by atoms with Gasteiger partial charge in [0.05, 0.1) is 17.9 Å². The summed E-state index contributed by atoms with van der Waals surface area (Å²) >= 11 is 3.37. The van der Waals surface area contributed by atoms with Gasteiger partial charge in [-0.15, -0.1) is 0 Å². The number of halogens is 1. The predicted molar refractivity (Wildman–Crippen MR) is 89.4 cm³/mol. The second-order valence-electron chi connectivity index (χ2n) is 5.64. The number of ether oxygens (including phenoxy) is 1. The zero-order valence-electron chi connectivity index (χ0n) is 12.7. The van der Waals surface area contributed by atoms with Gasteiger partial charge in [-0.1, -0.05) is 34.1 Å². The zero-order chi connectivity index (χ0) is 16.1. The molecule has 0 saturated carbocycles. The molecule has 0 aromatic heterocycles. The van der Waals surface area contributed by atoms with E-state index in [2.05, 4.69) is 21.2 Å². The maximum absolute atomic E-state index is 12.5. The van der Waals surface area contributed by atoms with E-state index in [4.69, 9.17) is 4.74 Å². The molecule has 0 fully saturated rings. The number of carbonyl (C=O) groups is 2. The highest BCUT2D eigenvalue weighted by molar-refractivity contribution is 9.10. The van der Waals surface area contributed by atoms with Crippen LogP contribution in [0.2, 0.25) is 0 Å². The minimum Gasteiger partial charge on any atom is -0.463 e. The van der Waals surface area contributed by atoms with Gasteiger partial charge in [0, 0.05) is 10.2 Å². The van der Waals surface area contributed by atoms with Crippen molar-refractivity contribution in [3.05, 3.63) is 40.9 Å². The van der Waals surface area contributed by atoms with Crippen molar-refractivity contribution in [2.45, 2.75) is 32.8 Å². The quantitative estimate of drug-likeness (QED) is 0.649. The van der Waals surface area contributed by atoms with E-state index >= 15 is 0 Å². The van der Waals surface area contributed by atoms with Crippen molar-refractivity contribution in [1.82, 2.24) is 0 Å². The first kappa shape index (κ1) is 16.7. The highest BCUT2D eigenvalue weighted by atomic mass is 79.9. The number of benzene rings is 1. The molecule has 0 saturated heterocycles. The lowest BCUT2D eigenvalue weighted by molar-refractivity contribution is -0.156.